The van der Waals surface area contributed by atoms with Crippen LogP contribution in [-0.4, -0.2) is 25.1 Å². The number of aliphatic hydroxyl groups excluding tert-OH is 1. The molecular formula is C3H7O4-. The zero-order valence-electron chi connectivity index (χ0n) is 3.79. The minimum atomic E-state index is -0.500. The van der Waals surface area contributed by atoms with E-state index >= 15 is 0 Å². The van der Waals surface area contributed by atoms with Gasteiger partial charge in [0.25, 0.3) is 0 Å². The van der Waals surface area contributed by atoms with Gasteiger partial charge in [-0.2, -0.15) is 0 Å². The molecule has 0 aliphatic rings. The van der Waals surface area contributed by atoms with Crippen molar-refractivity contribution in [2.45, 2.75) is 0 Å². The molecule has 0 saturated heterocycles. The van der Waals surface area contributed by atoms with Gasteiger partial charge in [-0.3, -0.25) is 0 Å². The summed E-state index contributed by atoms with van der Waals surface area (Å²) in [6.45, 7) is -0.861. The van der Waals surface area contributed by atoms with Gasteiger partial charge >= 0.3 is 0 Å². The van der Waals surface area contributed by atoms with E-state index < -0.39 is 6.79 Å². The maximum atomic E-state index is 9.52. The van der Waals surface area contributed by atoms with Gasteiger partial charge < -0.3 is 10.2 Å². The highest BCUT2D eigenvalue weighted by molar-refractivity contribution is 4.08. The first-order valence-electron chi connectivity index (χ1n) is 1.85. The second-order valence-corrected chi connectivity index (χ2v) is 0.773. The van der Waals surface area contributed by atoms with Crippen molar-refractivity contribution in [3.63, 3.8) is 0 Å². The molecule has 0 aromatic carbocycles. The van der Waals surface area contributed by atoms with Gasteiger partial charge in [0.2, 0.25) is 0 Å². The topological polar surface area (TPSA) is 61.8 Å². The Kier molecular flexibility index (Phi) is 5.71. The van der Waals surface area contributed by atoms with Crippen molar-refractivity contribution in [3.8, 4) is 0 Å². The zero-order chi connectivity index (χ0) is 5.54. The molecule has 0 aromatic heterocycles. The van der Waals surface area contributed by atoms with Gasteiger partial charge in [-0.25, -0.2) is 9.78 Å². The van der Waals surface area contributed by atoms with Gasteiger partial charge in [0.15, 0.2) is 6.79 Å². The highest BCUT2D eigenvalue weighted by Crippen LogP contribution is 1.70. The quantitative estimate of drug-likeness (QED) is 0.200. The third-order valence-corrected chi connectivity index (χ3v) is 0.303. The van der Waals surface area contributed by atoms with Crippen LogP contribution < -0.4 is 5.11 Å². The van der Waals surface area contributed by atoms with E-state index in [1.54, 1.807) is 0 Å². The molecule has 0 radical (unpaired) electrons. The van der Waals surface area contributed by atoms with E-state index in [2.05, 4.69) is 9.78 Å². The molecule has 0 fully saturated rings. The monoisotopic (exact) mass is 107 g/mol. The molecular weight excluding hydrogens is 100 g/mol. The molecule has 0 aliphatic carbocycles. The second kappa shape index (κ2) is 5.84. The average molecular weight is 107 g/mol. The summed E-state index contributed by atoms with van der Waals surface area (Å²) in [7, 11) is 0. The average Bonchev–Trinajstić information content (AvgIpc) is 1.69. The Morgan fingerprint density at radius 1 is 1.43 bits per heavy atom. The highest BCUT2D eigenvalue weighted by atomic mass is 17.2. The summed E-state index contributed by atoms with van der Waals surface area (Å²) >= 11 is 0. The lowest BCUT2D eigenvalue weighted by atomic mass is 10.8. The largest absolute Gasteiger partial charge is 0.853 e. The van der Waals surface area contributed by atoms with Crippen LogP contribution in [0.2, 0.25) is 0 Å². The molecule has 0 heterocycles. The predicted octanol–water partition coefficient (Wildman–Crippen LogP) is -1.76. The van der Waals surface area contributed by atoms with Crippen molar-refractivity contribution in [1.29, 1.82) is 0 Å². The van der Waals surface area contributed by atoms with Crippen molar-refractivity contribution >= 4 is 0 Å². The van der Waals surface area contributed by atoms with Gasteiger partial charge in [-0.1, -0.05) is 0 Å². The smallest absolute Gasteiger partial charge is 0.178 e. The molecule has 0 rings (SSSR count). The Bertz CT molecular complexity index is 26.1. The molecule has 44 valence electrons. The SMILES string of the molecule is [O-]CCOOCO. The second-order valence-electron chi connectivity index (χ2n) is 0.773. The fourth-order valence-corrected chi connectivity index (χ4v) is 0.130. The van der Waals surface area contributed by atoms with E-state index in [1.165, 1.54) is 0 Å². The lowest BCUT2D eigenvalue weighted by Crippen LogP contribution is -2.13. The van der Waals surface area contributed by atoms with E-state index in [4.69, 9.17) is 5.11 Å². The first-order chi connectivity index (χ1) is 3.41. The van der Waals surface area contributed by atoms with Crippen LogP contribution in [0.25, 0.3) is 0 Å². The Morgan fingerprint density at radius 3 is 2.57 bits per heavy atom. The van der Waals surface area contributed by atoms with Gasteiger partial charge in [0.05, 0.1) is 6.61 Å². The zero-order valence-corrected chi connectivity index (χ0v) is 3.79. The molecule has 4 heteroatoms. The van der Waals surface area contributed by atoms with Crippen molar-refractivity contribution in [3.05, 3.63) is 0 Å². The Balaban J connectivity index is 2.45. The molecule has 0 bridgehead atoms. The normalized spacial score (nSPS) is 9.43. The van der Waals surface area contributed by atoms with Crippen LogP contribution in [0.3, 0.4) is 0 Å². The summed E-state index contributed by atoms with van der Waals surface area (Å²) in [4.78, 5) is 8.00. The van der Waals surface area contributed by atoms with Gasteiger partial charge in [0.1, 0.15) is 0 Å². The molecule has 4 nitrogen and oxygen atoms in total. The van der Waals surface area contributed by atoms with Gasteiger partial charge in [-0.05, 0) is 0 Å². The summed E-state index contributed by atoms with van der Waals surface area (Å²) in [5.41, 5.74) is 0. The lowest BCUT2D eigenvalue weighted by Gasteiger charge is -2.01. The minimum Gasteiger partial charge on any atom is -0.853 e. The van der Waals surface area contributed by atoms with E-state index in [-0.39, 0.29) is 13.2 Å². The highest BCUT2D eigenvalue weighted by Gasteiger charge is 1.74. The minimum absolute atomic E-state index is 0.0133. The fraction of sp³-hybridized carbons (Fsp3) is 1.00. The Morgan fingerprint density at radius 2 is 2.14 bits per heavy atom. The fourth-order valence-electron chi connectivity index (χ4n) is 0.130. The molecule has 1 N–H and O–H groups in total. The van der Waals surface area contributed by atoms with Crippen LogP contribution in [0.15, 0.2) is 0 Å². The van der Waals surface area contributed by atoms with E-state index in [0.29, 0.717) is 0 Å². The Labute approximate surface area is 41.2 Å². The number of aliphatic hydroxyl groups is 1. The van der Waals surface area contributed by atoms with Crippen LogP contribution in [0, 0.1) is 0 Å². The van der Waals surface area contributed by atoms with Crippen LogP contribution in [0.4, 0.5) is 0 Å². The molecule has 0 spiro atoms. The molecule has 0 saturated carbocycles. The summed E-state index contributed by atoms with van der Waals surface area (Å²) < 4.78 is 0. The van der Waals surface area contributed by atoms with Crippen LogP contribution in [0.5, 0.6) is 0 Å². The summed E-state index contributed by atoms with van der Waals surface area (Å²) in [5.74, 6) is 0. The van der Waals surface area contributed by atoms with Crippen LogP contribution in [0.1, 0.15) is 0 Å². The van der Waals surface area contributed by atoms with E-state index in [9.17, 15) is 5.11 Å². The van der Waals surface area contributed by atoms with Crippen molar-refractivity contribution < 1.29 is 20.0 Å². The standard InChI is InChI=1S/C3H7O4/c4-1-2-6-7-3-5/h5H,1-3H2/q-1. The first kappa shape index (κ1) is 6.84. The maximum Gasteiger partial charge on any atom is 0.178 e. The Hall–Kier alpha value is -0.160. The molecule has 0 aromatic rings. The predicted molar refractivity (Wildman–Crippen MR) is 19.0 cm³/mol. The molecule has 0 aliphatic heterocycles. The molecule has 0 amide bonds. The third-order valence-electron chi connectivity index (χ3n) is 0.303. The van der Waals surface area contributed by atoms with E-state index in [1.807, 2.05) is 0 Å². The summed E-state index contributed by atoms with van der Waals surface area (Å²) in [5, 5.41) is 17.4. The number of rotatable bonds is 4. The van der Waals surface area contributed by atoms with Crippen LogP contribution >= 0.6 is 0 Å². The maximum absolute atomic E-state index is 9.52. The van der Waals surface area contributed by atoms with E-state index in [0.717, 1.165) is 0 Å². The van der Waals surface area contributed by atoms with Crippen LogP contribution in [-0.2, 0) is 9.78 Å². The summed E-state index contributed by atoms with van der Waals surface area (Å²) in [6.07, 6.45) is 0. The van der Waals surface area contributed by atoms with Gasteiger partial charge in [0, 0.05) is 0 Å². The summed E-state index contributed by atoms with van der Waals surface area (Å²) in [6, 6.07) is 0. The first-order valence-corrected chi connectivity index (χ1v) is 1.85. The van der Waals surface area contributed by atoms with Crippen molar-refractivity contribution in [2.75, 3.05) is 20.0 Å². The molecule has 0 unspecified atom stereocenters. The van der Waals surface area contributed by atoms with Gasteiger partial charge in [-0.15, -0.1) is 6.61 Å². The van der Waals surface area contributed by atoms with Crippen molar-refractivity contribution in [2.24, 2.45) is 0 Å². The molecule has 0 atom stereocenters. The lowest BCUT2D eigenvalue weighted by molar-refractivity contribution is -0.410. The molecule has 7 heavy (non-hydrogen) atoms. The number of hydrogen-bond acceptors (Lipinski definition) is 4. The third kappa shape index (κ3) is 5.84. The van der Waals surface area contributed by atoms with Crippen molar-refractivity contribution in [1.82, 2.24) is 0 Å². The number of hydrogen-bond donors (Lipinski definition) is 1.